The second-order valence-corrected chi connectivity index (χ2v) is 9.98. The van der Waals surface area contributed by atoms with Crippen LogP contribution in [0.3, 0.4) is 0 Å². The van der Waals surface area contributed by atoms with Crippen LogP contribution in [0.4, 0.5) is 19.6 Å². The Balaban J connectivity index is 0.00000108. The van der Waals surface area contributed by atoms with E-state index in [0.29, 0.717) is 4.88 Å². The largest absolute Gasteiger partial charge is 0.372 e. The molecule has 2 unspecified atom stereocenters. The topological polar surface area (TPSA) is 101 Å². The molecule has 11 heteroatoms. The average molecular weight is 509 g/mol. The van der Waals surface area contributed by atoms with Crippen molar-refractivity contribution in [3.05, 3.63) is 34.6 Å². The molecule has 2 aliphatic carbocycles. The van der Waals surface area contributed by atoms with Gasteiger partial charge in [-0.3, -0.25) is 14.5 Å². The van der Waals surface area contributed by atoms with Gasteiger partial charge in [0.25, 0.3) is 11.8 Å². The number of aryl methyl sites for hydroxylation is 1. The summed E-state index contributed by atoms with van der Waals surface area (Å²) in [4.78, 5) is 44.0. The first-order valence-corrected chi connectivity index (χ1v) is 12.4. The number of rotatable bonds is 6. The lowest BCUT2D eigenvalue weighted by Crippen LogP contribution is -2.54. The van der Waals surface area contributed by atoms with E-state index >= 15 is 0 Å². The molecule has 1 N–H and O–H groups in total. The van der Waals surface area contributed by atoms with E-state index in [1.165, 1.54) is 33.8 Å². The molecule has 0 aromatic carbocycles. The number of nitrogens with zero attached hydrogens (tertiary/aromatic N) is 3. The lowest BCUT2D eigenvalue weighted by Gasteiger charge is -2.47. The van der Waals surface area contributed by atoms with Crippen LogP contribution in [-0.2, 0) is 14.3 Å². The number of nitrogens with one attached hydrogen (secondary N) is 1. The Kier molecular flexibility index (Phi) is 8.65. The number of halogens is 2. The standard InChI is InChI=1S/C22H26F2N4O3S.C2H4O/c1-12(31-3)20(30)28(14-10-16(23)26-17(24)11-14)21-27-18(13(2)32-21)19(29)25-15-6-9-22(15)7-4-5-8-22;1-2-3/h10-12,15H,4-9H2,1-3H3,(H,25,29);2H,1H3. The highest BCUT2D eigenvalue weighted by molar-refractivity contribution is 7.16. The quantitative estimate of drug-likeness (QED) is 0.456. The van der Waals surface area contributed by atoms with Crippen LogP contribution in [-0.4, -0.2) is 47.3 Å². The molecule has 35 heavy (non-hydrogen) atoms. The lowest BCUT2D eigenvalue weighted by atomic mass is 9.63. The monoisotopic (exact) mass is 508 g/mol. The number of amides is 2. The van der Waals surface area contributed by atoms with Crippen LogP contribution in [0.5, 0.6) is 0 Å². The normalized spacial score (nSPS) is 18.7. The minimum Gasteiger partial charge on any atom is -0.372 e. The summed E-state index contributed by atoms with van der Waals surface area (Å²) in [6, 6.07) is 2.02. The first kappa shape index (κ1) is 26.8. The fraction of sp³-hybridized carbons (Fsp3) is 0.542. The number of hydrogen-bond donors (Lipinski definition) is 1. The van der Waals surface area contributed by atoms with Gasteiger partial charge in [-0.25, -0.2) is 4.98 Å². The Morgan fingerprint density at radius 2 is 1.83 bits per heavy atom. The van der Waals surface area contributed by atoms with Gasteiger partial charge in [-0.15, -0.1) is 11.3 Å². The maximum Gasteiger partial charge on any atom is 0.271 e. The predicted molar refractivity (Wildman–Crippen MR) is 128 cm³/mol. The Morgan fingerprint density at radius 3 is 2.34 bits per heavy atom. The van der Waals surface area contributed by atoms with Gasteiger partial charge in [0.1, 0.15) is 18.1 Å². The molecule has 2 saturated carbocycles. The third kappa shape index (κ3) is 5.72. The van der Waals surface area contributed by atoms with Crippen molar-refractivity contribution in [1.82, 2.24) is 15.3 Å². The highest BCUT2D eigenvalue weighted by Crippen LogP contribution is 2.53. The Labute approximate surface area is 207 Å². The molecule has 190 valence electrons. The van der Waals surface area contributed by atoms with Gasteiger partial charge in [0.05, 0.1) is 5.69 Å². The summed E-state index contributed by atoms with van der Waals surface area (Å²) in [5.74, 6) is -3.00. The molecule has 2 atom stereocenters. The molecule has 2 fully saturated rings. The number of aromatic nitrogens is 2. The number of hydrogen-bond acceptors (Lipinski definition) is 7. The van der Waals surface area contributed by atoms with Gasteiger partial charge in [-0.05, 0) is 51.9 Å². The maximum atomic E-state index is 13.8. The zero-order valence-electron chi connectivity index (χ0n) is 20.3. The summed E-state index contributed by atoms with van der Waals surface area (Å²) < 4.78 is 32.7. The van der Waals surface area contributed by atoms with E-state index < -0.39 is 23.9 Å². The van der Waals surface area contributed by atoms with E-state index in [9.17, 15) is 18.4 Å². The zero-order chi connectivity index (χ0) is 25.8. The average Bonchev–Trinajstić information content (AvgIpc) is 3.45. The van der Waals surface area contributed by atoms with Gasteiger partial charge in [0.15, 0.2) is 5.13 Å². The maximum absolute atomic E-state index is 13.8. The van der Waals surface area contributed by atoms with Gasteiger partial charge in [-0.1, -0.05) is 12.8 Å². The summed E-state index contributed by atoms with van der Waals surface area (Å²) in [5.41, 5.74) is 0.348. The van der Waals surface area contributed by atoms with Crippen molar-refractivity contribution in [1.29, 1.82) is 0 Å². The Morgan fingerprint density at radius 1 is 1.23 bits per heavy atom. The van der Waals surface area contributed by atoms with Crippen LogP contribution in [0.15, 0.2) is 12.1 Å². The van der Waals surface area contributed by atoms with E-state index in [2.05, 4.69) is 15.3 Å². The van der Waals surface area contributed by atoms with Crippen LogP contribution in [0.25, 0.3) is 0 Å². The second kappa shape index (κ2) is 11.3. The third-order valence-corrected chi connectivity index (χ3v) is 7.65. The van der Waals surface area contributed by atoms with Crippen molar-refractivity contribution in [3.63, 3.8) is 0 Å². The van der Waals surface area contributed by atoms with Crippen molar-refractivity contribution < 1.29 is 27.9 Å². The summed E-state index contributed by atoms with van der Waals surface area (Å²) in [5, 5.41) is 3.26. The van der Waals surface area contributed by atoms with Crippen LogP contribution >= 0.6 is 11.3 Å². The van der Waals surface area contributed by atoms with Crippen molar-refractivity contribution in [2.75, 3.05) is 12.0 Å². The first-order valence-electron chi connectivity index (χ1n) is 11.5. The number of anilines is 2. The smallest absolute Gasteiger partial charge is 0.271 e. The Bertz CT molecular complexity index is 1070. The van der Waals surface area contributed by atoms with E-state index in [1.54, 1.807) is 6.92 Å². The molecule has 2 aromatic rings. The molecule has 0 radical (unpaired) electrons. The molecule has 8 nitrogen and oxygen atoms in total. The van der Waals surface area contributed by atoms with Crippen molar-refractivity contribution in [2.24, 2.45) is 5.41 Å². The number of pyridine rings is 1. The number of ether oxygens (including phenoxy) is 1. The first-order chi connectivity index (χ1) is 16.7. The van der Waals surface area contributed by atoms with Crippen LogP contribution in [0, 0.1) is 24.2 Å². The molecule has 0 bridgehead atoms. The van der Waals surface area contributed by atoms with E-state index in [-0.39, 0.29) is 33.9 Å². The van der Waals surface area contributed by atoms with Gasteiger partial charge in [0.2, 0.25) is 11.9 Å². The molecule has 0 aliphatic heterocycles. The predicted octanol–water partition coefficient (Wildman–Crippen LogP) is 4.48. The molecular weight excluding hydrogens is 478 g/mol. The fourth-order valence-electron chi connectivity index (χ4n) is 4.71. The minimum absolute atomic E-state index is 0.0755. The summed E-state index contributed by atoms with van der Waals surface area (Å²) >= 11 is 1.10. The van der Waals surface area contributed by atoms with Crippen molar-refractivity contribution in [2.45, 2.75) is 71.4 Å². The van der Waals surface area contributed by atoms with Crippen molar-refractivity contribution >= 4 is 40.3 Å². The van der Waals surface area contributed by atoms with Gasteiger partial charge < -0.3 is 14.8 Å². The summed E-state index contributed by atoms with van der Waals surface area (Å²) in [7, 11) is 1.36. The molecule has 0 saturated heterocycles. The zero-order valence-corrected chi connectivity index (χ0v) is 21.1. The third-order valence-electron chi connectivity index (χ3n) is 6.69. The van der Waals surface area contributed by atoms with Gasteiger partial charge in [-0.2, -0.15) is 13.8 Å². The number of thiazole rings is 1. The summed E-state index contributed by atoms with van der Waals surface area (Å²) in [6.45, 7) is 4.70. The molecule has 4 rings (SSSR count). The Hall–Kier alpha value is -2.79. The van der Waals surface area contributed by atoms with Crippen LogP contribution < -0.4 is 10.2 Å². The molecular formula is C24H30F2N4O4S. The highest BCUT2D eigenvalue weighted by atomic mass is 32.1. The van der Waals surface area contributed by atoms with E-state index in [0.717, 1.165) is 60.3 Å². The highest BCUT2D eigenvalue weighted by Gasteiger charge is 2.49. The van der Waals surface area contributed by atoms with Crippen LogP contribution in [0.2, 0.25) is 0 Å². The molecule has 2 amide bonds. The molecule has 2 aromatic heterocycles. The molecule has 2 heterocycles. The number of aldehydes is 1. The molecule has 1 spiro atoms. The number of carbonyl (C=O) groups is 3. The second-order valence-electron chi connectivity index (χ2n) is 8.79. The fourth-order valence-corrected chi connectivity index (χ4v) is 5.64. The SMILES string of the molecule is CC=O.COC(C)C(=O)N(c1cc(F)nc(F)c1)c1nc(C(=O)NC2CCC23CCCC3)c(C)s1. The lowest BCUT2D eigenvalue weighted by molar-refractivity contribution is -0.126. The minimum atomic E-state index is -1.07. The van der Waals surface area contributed by atoms with E-state index in [4.69, 9.17) is 9.53 Å². The summed E-state index contributed by atoms with van der Waals surface area (Å²) in [6.07, 6.45) is 6.60. The van der Waals surface area contributed by atoms with Crippen LogP contribution in [0.1, 0.15) is 67.7 Å². The number of carbonyl (C=O) groups excluding carboxylic acids is 3. The van der Waals surface area contributed by atoms with E-state index in [1.807, 2.05) is 0 Å². The van der Waals surface area contributed by atoms with Gasteiger partial charge >= 0.3 is 0 Å². The van der Waals surface area contributed by atoms with Crippen molar-refractivity contribution in [3.8, 4) is 0 Å². The number of methoxy groups -OCH3 is 1. The molecule has 2 aliphatic rings. The van der Waals surface area contributed by atoms with Gasteiger partial charge in [0, 0.05) is 30.2 Å².